The van der Waals surface area contributed by atoms with E-state index in [9.17, 15) is 9.90 Å². The van der Waals surface area contributed by atoms with Crippen LogP contribution in [0.4, 0.5) is 0 Å². The SMILES string of the molecule is CN(Cc1ccccc1O)C(=O)c1cc(Br)ccc1I. The predicted molar refractivity (Wildman–Crippen MR) is 90.8 cm³/mol. The van der Waals surface area contributed by atoms with Crippen LogP contribution in [-0.2, 0) is 6.54 Å². The second-order valence-electron chi connectivity index (χ2n) is 4.41. The van der Waals surface area contributed by atoms with E-state index in [2.05, 4.69) is 38.5 Å². The summed E-state index contributed by atoms with van der Waals surface area (Å²) in [5.41, 5.74) is 1.38. The van der Waals surface area contributed by atoms with Crippen LogP contribution in [0.3, 0.4) is 0 Å². The van der Waals surface area contributed by atoms with E-state index in [1.807, 2.05) is 30.3 Å². The van der Waals surface area contributed by atoms with Crippen LogP contribution < -0.4 is 0 Å². The second kappa shape index (κ2) is 6.58. The Bertz CT molecular complexity index is 646. The van der Waals surface area contributed by atoms with E-state index in [0.717, 1.165) is 13.6 Å². The minimum Gasteiger partial charge on any atom is -0.508 e. The van der Waals surface area contributed by atoms with Crippen molar-refractivity contribution in [2.75, 3.05) is 7.05 Å². The number of rotatable bonds is 3. The molecule has 2 aromatic rings. The summed E-state index contributed by atoms with van der Waals surface area (Å²) < 4.78 is 1.78. The Morgan fingerprint density at radius 2 is 2.00 bits per heavy atom. The maximum atomic E-state index is 12.5. The number of phenols is 1. The summed E-state index contributed by atoms with van der Waals surface area (Å²) in [5.74, 6) is 0.134. The molecule has 0 heterocycles. The molecule has 0 aromatic heterocycles. The first kappa shape index (κ1) is 15.3. The molecule has 3 nitrogen and oxygen atoms in total. The summed E-state index contributed by atoms with van der Waals surface area (Å²) in [6, 6.07) is 12.6. The summed E-state index contributed by atoms with van der Waals surface area (Å²) in [6.45, 7) is 0.369. The lowest BCUT2D eigenvalue weighted by molar-refractivity contribution is 0.0783. The van der Waals surface area contributed by atoms with Gasteiger partial charge in [0.25, 0.3) is 5.91 Å². The molecule has 2 rings (SSSR count). The third-order valence-electron chi connectivity index (χ3n) is 2.90. The van der Waals surface area contributed by atoms with E-state index in [0.29, 0.717) is 12.1 Å². The summed E-state index contributed by atoms with van der Waals surface area (Å²) in [4.78, 5) is 14.0. The van der Waals surface area contributed by atoms with Crippen molar-refractivity contribution in [3.05, 3.63) is 61.6 Å². The molecule has 104 valence electrons. The predicted octanol–water partition coefficient (Wildman–Crippen LogP) is 4.03. The lowest BCUT2D eigenvalue weighted by Gasteiger charge is -2.19. The van der Waals surface area contributed by atoms with Crippen LogP contribution in [-0.4, -0.2) is 23.0 Å². The van der Waals surface area contributed by atoms with Gasteiger partial charge in [-0.3, -0.25) is 4.79 Å². The van der Waals surface area contributed by atoms with Crippen molar-refractivity contribution >= 4 is 44.4 Å². The first-order chi connectivity index (χ1) is 9.49. The van der Waals surface area contributed by atoms with Gasteiger partial charge in [-0.05, 0) is 46.9 Å². The van der Waals surface area contributed by atoms with Crippen molar-refractivity contribution in [1.29, 1.82) is 0 Å². The van der Waals surface area contributed by atoms with Gasteiger partial charge >= 0.3 is 0 Å². The summed E-state index contributed by atoms with van der Waals surface area (Å²) in [6.07, 6.45) is 0. The van der Waals surface area contributed by atoms with Crippen molar-refractivity contribution in [2.45, 2.75) is 6.54 Å². The molecule has 0 atom stereocenters. The zero-order valence-electron chi connectivity index (χ0n) is 10.8. The van der Waals surface area contributed by atoms with Crippen LogP contribution in [0.2, 0.25) is 0 Å². The zero-order valence-corrected chi connectivity index (χ0v) is 14.6. The Balaban J connectivity index is 2.21. The minimum atomic E-state index is -0.0704. The average Bonchev–Trinajstić information content (AvgIpc) is 2.43. The molecular weight excluding hydrogens is 433 g/mol. The highest BCUT2D eigenvalue weighted by Gasteiger charge is 2.16. The number of carbonyl (C=O) groups excluding carboxylic acids is 1. The molecule has 0 aliphatic rings. The van der Waals surface area contributed by atoms with Gasteiger partial charge in [-0.1, -0.05) is 34.1 Å². The van der Waals surface area contributed by atoms with Crippen LogP contribution in [0, 0.1) is 3.57 Å². The Hall–Kier alpha value is -1.08. The Morgan fingerprint density at radius 1 is 1.30 bits per heavy atom. The second-order valence-corrected chi connectivity index (χ2v) is 6.49. The van der Waals surface area contributed by atoms with Crippen molar-refractivity contribution in [3.8, 4) is 5.75 Å². The lowest BCUT2D eigenvalue weighted by atomic mass is 10.1. The van der Waals surface area contributed by atoms with E-state index in [1.54, 1.807) is 24.1 Å². The number of phenolic OH excluding ortho intramolecular Hbond substituents is 1. The van der Waals surface area contributed by atoms with E-state index < -0.39 is 0 Å². The van der Waals surface area contributed by atoms with E-state index in [-0.39, 0.29) is 11.7 Å². The molecule has 0 unspecified atom stereocenters. The van der Waals surface area contributed by atoms with Crippen molar-refractivity contribution in [1.82, 2.24) is 4.90 Å². The highest BCUT2D eigenvalue weighted by molar-refractivity contribution is 14.1. The highest BCUT2D eigenvalue weighted by atomic mass is 127. The van der Waals surface area contributed by atoms with Crippen LogP contribution in [0.25, 0.3) is 0 Å². The highest BCUT2D eigenvalue weighted by Crippen LogP contribution is 2.22. The molecule has 1 amide bonds. The van der Waals surface area contributed by atoms with Crippen molar-refractivity contribution in [3.63, 3.8) is 0 Å². The number of hydrogen-bond acceptors (Lipinski definition) is 2. The number of para-hydroxylation sites is 1. The van der Waals surface area contributed by atoms with Crippen molar-refractivity contribution in [2.24, 2.45) is 0 Å². The van der Waals surface area contributed by atoms with Crippen LogP contribution in [0.1, 0.15) is 15.9 Å². The molecular formula is C15H13BrINO2. The minimum absolute atomic E-state index is 0.0704. The molecule has 0 aliphatic heterocycles. The topological polar surface area (TPSA) is 40.5 Å². The number of halogens is 2. The number of hydrogen-bond donors (Lipinski definition) is 1. The maximum Gasteiger partial charge on any atom is 0.255 e. The Labute approximate surface area is 139 Å². The van der Waals surface area contributed by atoms with E-state index in [4.69, 9.17) is 0 Å². The van der Waals surface area contributed by atoms with Gasteiger partial charge in [-0.2, -0.15) is 0 Å². The molecule has 20 heavy (non-hydrogen) atoms. The molecule has 5 heteroatoms. The summed E-state index contributed by atoms with van der Waals surface area (Å²) >= 11 is 5.52. The fraction of sp³-hybridized carbons (Fsp3) is 0.133. The molecule has 1 N–H and O–H groups in total. The Morgan fingerprint density at radius 3 is 2.70 bits per heavy atom. The van der Waals surface area contributed by atoms with Gasteiger partial charge in [0, 0.05) is 27.2 Å². The molecule has 0 saturated heterocycles. The molecule has 0 saturated carbocycles. The van der Waals surface area contributed by atoms with E-state index >= 15 is 0 Å². The van der Waals surface area contributed by atoms with Gasteiger partial charge in [0.05, 0.1) is 5.56 Å². The first-order valence-corrected chi connectivity index (χ1v) is 7.83. The van der Waals surface area contributed by atoms with Gasteiger partial charge in [0.1, 0.15) is 5.75 Å². The van der Waals surface area contributed by atoms with Gasteiger partial charge in [-0.25, -0.2) is 0 Å². The van der Waals surface area contributed by atoms with Gasteiger partial charge < -0.3 is 10.0 Å². The van der Waals surface area contributed by atoms with Crippen molar-refractivity contribution < 1.29 is 9.90 Å². The molecule has 0 bridgehead atoms. The number of carbonyl (C=O) groups is 1. The fourth-order valence-corrected chi connectivity index (χ4v) is 2.77. The standard InChI is InChI=1S/C15H13BrINO2/c1-18(9-10-4-2-3-5-14(10)19)15(20)12-8-11(16)6-7-13(12)17/h2-8,19H,9H2,1H3. The zero-order chi connectivity index (χ0) is 14.7. The van der Waals surface area contributed by atoms with Gasteiger partial charge in [0.2, 0.25) is 0 Å². The van der Waals surface area contributed by atoms with Crippen LogP contribution in [0.15, 0.2) is 46.9 Å². The first-order valence-electron chi connectivity index (χ1n) is 5.96. The average molecular weight is 446 g/mol. The monoisotopic (exact) mass is 445 g/mol. The Kier molecular flexibility index (Phi) is 5.04. The number of amides is 1. The van der Waals surface area contributed by atoms with E-state index in [1.165, 1.54) is 0 Å². The van der Waals surface area contributed by atoms with Crippen LogP contribution in [0.5, 0.6) is 5.75 Å². The number of nitrogens with zero attached hydrogens (tertiary/aromatic N) is 1. The van der Waals surface area contributed by atoms with Crippen LogP contribution >= 0.6 is 38.5 Å². The maximum absolute atomic E-state index is 12.5. The number of aromatic hydroxyl groups is 1. The molecule has 0 spiro atoms. The lowest BCUT2D eigenvalue weighted by Crippen LogP contribution is -2.27. The third kappa shape index (κ3) is 3.52. The fourth-order valence-electron chi connectivity index (χ4n) is 1.84. The number of benzene rings is 2. The third-order valence-corrected chi connectivity index (χ3v) is 4.34. The largest absolute Gasteiger partial charge is 0.508 e. The normalized spacial score (nSPS) is 10.3. The molecule has 0 aliphatic carbocycles. The smallest absolute Gasteiger partial charge is 0.255 e. The summed E-state index contributed by atoms with van der Waals surface area (Å²) in [5, 5.41) is 9.76. The molecule has 0 fully saturated rings. The van der Waals surface area contributed by atoms with Gasteiger partial charge in [0.15, 0.2) is 0 Å². The molecule has 0 radical (unpaired) electrons. The molecule has 2 aromatic carbocycles. The quantitative estimate of drug-likeness (QED) is 0.724. The van der Waals surface area contributed by atoms with Gasteiger partial charge in [-0.15, -0.1) is 0 Å². The summed E-state index contributed by atoms with van der Waals surface area (Å²) in [7, 11) is 1.73.